The van der Waals surface area contributed by atoms with Gasteiger partial charge in [-0.3, -0.25) is 4.79 Å². The maximum absolute atomic E-state index is 15.7. The van der Waals surface area contributed by atoms with E-state index in [2.05, 4.69) is 20.5 Å². The minimum atomic E-state index is -5.44. The topological polar surface area (TPSA) is 134 Å². The van der Waals surface area contributed by atoms with Gasteiger partial charge in [0, 0.05) is 40.1 Å². The number of aromatic amines is 1. The second-order valence-corrected chi connectivity index (χ2v) is 13.9. The maximum atomic E-state index is 15.7. The lowest BCUT2D eigenvalue weighted by atomic mass is 9.84. The molecule has 5 aromatic rings. The Morgan fingerprint density at radius 1 is 1.06 bits per heavy atom. The molecule has 0 amide bonds. The van der Waals surface area contributed by atoms with Crippen molar-refractivity contribution in [3.05, 3.63) is 117 Å². The highest BCUT2D eigenvalue weighted by Gasteiger charge is 2.49. The van der Waals surface area contributed by atoms with Crippen LogP contribution in [0.2, 0.25) is 0 Å². The van der Waals surface area contributed by atoms with Crippen molar-refractivity contribution in [1.82, 2.24) is 20.5 Å². The van der Waals surface area contributed by atoms with Gasteiger partial charge in [0.05, 0.1) is 41.8 Å². The number of aromatic nitrogens is 4. The van der Waals surface area contributed by atoms with Gasteiger partial charge < -0.3 is 14.8 Å². The van der Waals surface area contributed by atoms with E-state index < -0.39 is 47.3 Å². The number of carbonyl (C=O) groups is 2. The van der Waals surface area contributed by atoms with Gasteiger partial charge in [0.2, 0.25) is 5.82 Å². The van der Waals surface area contributed by atoms with Crippen LogP contribution in [0.4, 0.5) is 22.0 Å². The molecule has 0 aliphatic heterocycles. The summed E-state index contributed by atoms with van der Waals surface area (Å²) in [7, 11) is 0. The minimum absolute atomic E-state index is 0.0165. The Kier molecular flexibility index (Phi) is 12.2. The Morgan fingerprint density at radius 2 is 1.76 bits per heavy atom. The lowest BCUT2D eigenvalue weighted by Gasteiger charge is -2.33. The lowest BCUT2D eigenvalue weighted by molar-refractivity contribution is -0.696. The number of rotatable bonds is 14. The van der Waals surface area contributed by atoms with Crippen molar-refractivity contribution in [2.24, 2.45) is 0 Å². The van der Waals surface area contributed by atoms with E-state index in [1.807, 2.05) is 19.9 Å². The number of hydrogen-bond acceptors (Lipinski definition) is 9. The largest absolute Gasteiger partial charge is 0.490 e. The highest BCUT2D eigenvalue weighted by molar-refractivity contribution is 7.09. The van der Waals surface area contributed by atoms with Crippen LogP contribution in [0, 0.1) is 36.8 Å². The standard InChI is InChI=1S/C38H35F5N6O4S/c1-22(2)45-18-34(50)52-35-23(3)13-26(14-24(35)4)19-49-21-46-48-32(49)16-37(53-36(51)38(41,42)43,29-10-9-28(39)15-30(29)40)12-11-33-47-31(20-54-33)27-7-5-25(17-44)6-8-27/h5-10,13-15,20-22,45H,11-12,16,18-19H2,1-4H3/p+1. The zero-order valence-electron chi connectivity index (χ0n) is 29.7. The predicted octanol–water partition coefficient (Wildman–Crippen LogP) is 6.72. The van der Waals surface area contributed by atoms with E-state index in [1.165, 1.54) is 17.7 Å². The molecule has 1 atom stereocenters. The number of benzene rings is 3. The van der Waals surface area contributed by atoms with Crippen molar-refractivity contribution in [3.8, 4) is 23.1 Å². The predicted molar refractivity (Wildman–Crippen MR) is 187 cm³/mol. The fourth-order valence-electron chi connectivity index (χ4n) is 5.92. The molecule has 0 aliphatic rings. The number of nitriles is 1. The van der Waals surface area contributed by atoms with Crippen molar-refractivity contribution in [1.29, 1.82) is 5.26 Å². The van der Waals surface area contributed by atoms with Crippen LogP contribution in [0.25, 0.3) is 11.3 Å². The van der Waals surface area contributed by atoms with Gasteiger partial charge in [-0.05, 0) is 73.4 Å². The lowest BCUT2D eigenvalue weighted by Crippen LogP contribution is -2.45. The third-order valence-corrected chi connectivity index (χ3v) is 9.39. The van der Waals surface area contributed by atoms with E-state index in [9.17, 15) is 27.2 Å². The van der Waals surface area contributed by atoms with Gasteiger partial charge in [-0.2, -0.15) is 18.4 Å². The smallest absolute Gasteiger partial charge is 0.447 e. The van der Waals surface area contributed by atoms with E-state index in [-0.39, 0.29) is 37.8 Å². The van der Waals surface area contributed by atoms with Crippen LogP contribution in [-0.2, 0) is 39.3 Å². The molecule has 54 heavy (non-hydrogen) atoms. The normalized spacial score (nSPS) is 12.7. The number of H-pyrrole nitrogens is 1. The molecule has 1 unspecified atom stereocenters. The molecule has 2 N–H and O–H groups in total. The van der Waals surface area contributed by atoms with Crippen molar-refractivity contribution >= 4 is 23.3 Å². The Morgan fingerprint density at radius 3 is 2.39 bits per heavy atom. The van der Waals surface area contributed by atoms with Gasteiger partial charge in [0.1, 0.15) is 17.4 Å². The highest BCUT2D eigenvalue weighted by Crippen LogP contribution is 2.39. The number of carbonyl (C=O) groups excluding carboxylic acids is 2. The summed E-state index contributed by atoms with van der Waals surface area (Å²) in [5, 5.41) is 21.1. The van der Waals surface area contributed by atoms with E-state index >= 15 is 4.39 Å². The molecular weight excluding hydrogens is 732 g/mol. The first-order chi connectivity index (χ1) is 25.6. The van der Waals surface area contributed by atoms with Crippen LogP contribution in [0.15, 0.2) is 66.3 Å². The van der Waals surface area contributed by atoms with E-state index in [0.29, 0.717) is 50.3 Å². The van der Waals surface area contributed by atoms with Crippen molar-refractivity contribution in [2.45, 2.75) is 71.3 Å². The van der Waals surface area contributed by atoms with Gasteiger partial charge in [-0.25, -0.2) is 23.1 Å². The first-order valence-electron chi connectivity index (χ1n) is 16.7. The molecule has 3 aromatic carbocycles. The Bertz CT molecular complexity index is 2150. The molecule has 282 valence electrons. The van der Waals surface area contributed by atoms with Crippen LogP contribution in [0.3, 0.4) is 0 Å². The molecule has 0 radical (unpaired) electrons. The average Bonchev–Trinajstić information content (AvgIpc) is 3.77. The molecule has 0 saturated heterocycles. The molecule has 0 spiro atoms. The third-order valence-electron chi connectivity index (χ3n) is 8.48. The second-order valence-electron chi connectivity index (χ2n) is 13.0. The number of aryl methyl sites for hydroxylation is 3. The number of nitrogens with one attached hydrogen (secondary N) is 2. The number of nitrogens with zero attached hydrogens (tertiary/aromatic N) is 4. The van der Waals surface area contributed by atoms with E-state index in [0.717, 1.165) is 12.1 Å². The molecule has 16 heteroatoms. The van der Waals surface area contributed by atoms with Gasteiger partial charge >= 0.3 is 18.1 Å². The van der Waals surface area contributed by atoms with Crippen LogP contribution < -0.4 is 14.6 Å². The van der Waals surface area contributed by atoms with Gasteiger partial charge in [0.15, 0.2) is 5.60 Å². The number of ether oxygens (including phenoxy) is 2. The zero-order valence-corrected chi connectivity index (χ0v) is 30.5. The summed E-state index contributed by atoms with van der Waals surface area (Å²) in [6.07, 6.45) is -5.04. The molecule has 2 heterocycles. The highest BCUT2D eigenvalue weighted by atomic mass is 32.1. The number of halogens is 5. The molecule has 2 aromatic heterocycles. The molecule has 0 aliphatic carbocycles. The molecule has 5 rings (SSSR count). The summed E-state index contributed by atoms with van der Waals surface area (Å²) in [5.74, 6) is -4.66. The fourth-order valence-corrected chi connectivity index (χ4v) is 6.73. The first kappa shape index (κ1) is 39.7. The van der Waals surface area contributed by atoms with E-state index in [1.54, 1.807) is 60.2 Å². The SMILES string of the molecule is Cc1cc(C[n+]2cn[nH]c2CC(CCc2nc(-c3ccc(C#N)cc3)cs2)(OC(=O)C(F)(F)F)c2ccc(F)cc2F)cc(C)c1OC(=O)CNC(C)C. The van der Waals surface area contributed by atoms with Crippen molar-refractivity contribution in [3.63, 3.8) is 0 Å². The maximum Gasteiger partial charge on any atom is 0.490 e. The van der Waals surface area contributed by atoms with Gasteiger partial charge in [0.25, 0.3) is 6.33 Å². The first-order valence-corrected chi connectivity index (χ1v) is 17.6. The summed E-state index contributed by atoms with van der Waals surface area (Å²) in [6.45, 7) is 7.46. The molecule has 0 fully saturated rings. The Labute approximate surface area is 311 Å². The second kappa shape index (κ2) is 16.6. The molecule has 10 nitrogen and oxygen atoms in total. The molecule has 0 bridgehead atoms. The van der Waals surface area contributed by atoms with Crippen LogP contribution >= 0.6 is 11.3 Å². The van der Waals surface area contributed by atoms with Crippen molar-refractivity contribution in [2.75, 3.05) is 6.54 Å². The summed E-state index contributed by atoms with van der Waals surface area (Å²) in [4.78, 5) is 29.6. The fraction of sp³-hybridized carbons (Fsp3) is 0.316. The Hall–Kier alpha value is -5.53. The van der Waals surface area contributed by atoms with Crippen LogP contribution in [0.5, 0.6) is 5.75 Å². The average molecular weight is 768 g/mol. The van der Waals surface area contributed by atoms with E-state index in [4.69, 9.17) is 14.7 Å². The minimum Gasteiger partial charge on any atom is -0.447 e. The summed E-state index contributed by atoms with van der Waals surface area (Å²) >= 11 is 1.19. The Balaban J connectivity index is 1.49. The number of alkyl halides is 3. The van der Waals surface area contributed by atoms with Crippen molar-refractivity contribution < 1.29 is 45.6 Å². The number of thiazole rings is 1. The summed E-state index contributed by atoms with van der Waals surface area (Å²) in [6, 6.07) is 14.7. The summed E-state index contributed by atoms with van der Waals surface area (Å²) < 4.78 is 83.8. The van der Waals surface area contributed by atoms with Gasteiger partial charge in [-0.1, -0.05) is 26.0 Å². The molecule has 0 saturated carbocycles. The van der Waals surface area contributed by atoms with Crippen LogP contribution in [0.1, 0.15) is 58.9 Å². The van der Waals surface area contributed by atoms with Crippen LogP contribution in [-0.4, -0.2) is 45.9 Å². The number of esters is 2. The monoisotopic (exact) mass is 767 g/mol. The zero-order chi connectivity index (χ0) is 39.2. The van der Waals surface area contributed by atoms with Gasteiger partial charge in [-0.15, -0.1) is 16.4 Å². The molecular formula is C38H36F5N6O4S+. The summed E-state index contributed by atoms with van der Waals surface area (Å²) in [5.41, 5.74) is 0.884. The third kappa shape index (κ3) is 9.71. The number of hydrogen-bond donors (Lipinski definition) is 2. The quantitative estimate of drug-likeness (QED) is 0.0551.